The van der Waals surface area contributed by atoms with Gasteiger partial charge >= 0.3 is 0 Å². The van der Waals surface area contributed by atoms with Crippen LogP contribution in [0.5, 0.6) is 0 Å². The van der Waals surface area contributed by atoms with Crippen molar-refractivity contribution < 1.29 is 0 Å². The fourth-order valence-electron chi connectivity index (χ4n) is 2.98. The minimum atomic E-state index is 1.20. The average molecular weight is 284 g/mol. The van der Waals surface area contributed by atoms with Crippen molar-refractivity contribution >= 4 is 6.08 Å². The molecule has 0 saturated heterocycles. The third-order valence-electron chi connectivity index (χ3n) is 4.31. The number of rotatable bonds is 3. The van der Waals surface area contributed by atoms with Gasteiger partial charge in [-0.15, -0.1) is 0 Å². The molecule has 0 aromatic heterocycles. The Hall–Kier alpha value is -2.60. The maximum atomic E-state index is 3.97. The highest BCUT2D eigenvalue weighted by Gasteiger charge is 2.14. The minimum absolute atomic E-state index is 1.20. The van der Waals surface area contributed by atoms with Crippen LogP contribution >= 0.6 is 0 Å². The van der Waals surface area contributed by atoms with E-state index in [1.807, 2.05) is 6.08 Å². The number of hydrogen-bond acceptors (Lipinski definition) is 0. The van der Waals surface area contributed by atoms with E-state index in [9.17, 15) is 0 Å². The third kappa shape index (κ3) is 2.48. The van der Waals surface area contributed by atoms with Gasteiger partial charge < -0.3 is 0 Å². The van der Waals surface area contributed by atoms with Crippen LogP contribution in [-0.4, -0.2) is 0 Å². The predicted molar refractivity (Wildman–Crippen MR) is 96.9 cm³/mol. The van der Waals surface area contributed by atoms with E-state index in [4.69, 9.17) is 0 Å². The lowest BCUT2D eigenvalue weighted by atomic mass is 9.86. The lowest BCUT2D eigenvalue weighted by molar-refractivity contribution is 1.32. The van der Waals surface area contributed by atoms with Crippen LogP contribution in [0.4, 0.5) is 0 Å². The average Bonchev–Trinajstić information content (AvgIpc) is 2.58. The van der Waals surface area contributed by atoms with E-state index in [-0.39, 0.29) is 0 Å². The second kappa shape index (κ2) is 6.03. The van der Waals surface area contributed by atoms with Crippen LogP contribution in [0.2, 0.25) is 0 Å². The molecule has 0 aliphatic carbocycles. The molecule has 0 bridgehead atoms. The standard InChI is InChI=1S/C22H20/c1-4-18-15-21(19-11-7-5-8-12-19)22(17(3)16(18)2)20-13-9-6-10-14-20/h4-15H,1H2,2-3H3. The molecule has 0 radical (unpaired) electrons. The molecule has 22 heavy (non-hydrogen) atoms. The number of benzene rings is 3. The molecule has 0 aliphatic heterocycles. The van der Waals surface area contributed by atoms with Gasteiger partial charge in [-0.3, -0.25) is 0 Å². The monoisotopic (exact) mass is 284 g/mol. The second-order valence-corrected chi connectivity index (χ2v) is 5.57. The van der Waals surface area contributed by atoms with Crippen molar-refractivity contribution in [3.8, 4) is 22.3 Å². The summed E-state index contributed by atoms with van der Waals surface area (Å²) in [6.07, 6.45) is 1.95. The van der Waals surface area contributed by atoms with Gasteiger partial charge in [-0.1, -0.05) is 73.3 Å². The minimum Gasteiger partial charge on any atom is -0.0985 e. The SMILES string of the molecule is C=Cc1cc(-c2ccccc2)c(-c2ccccc2)c(C)c1C. The first-order valence-electron chi connectivity index (χ1n) is 7.60. The Morgan fingerprint density at radius 2 is 1.27 bits per heavy atom. The molecular formula is C22H20. The van der Waals surface area contributed by atoms with Crippen molar-refractivity contribution in [2.75, 3.05) is 0 Å². The van der Waals surface area contributed by atoms with Crippen LogP contribution < -0.4 is 0 Å². The van der Waals surface area contributed by atoms with Gasteiger partial charge in [0, 0.05) is 0 Å². The van der Waals surface area contributed by atoms with E-state index in [1.165, 1.54) is 38.9 Å². The van der Waals surface area contributed by atoms with Crippen LogP contribution in [0.3, 0.4) is 0 Å². The molecule has 108 valence electrons. The van der Waals surface area contributed by atoms with Crippen molar-refractivity contribution in [3.63, 3.8) is 0 Å². The topological polar surface area (TPSA) is 0 Å². The summed E-state index contributed by atoms with van der Waals surface area (Å²) in [4.78, 5) is 0. The van der Waals surface area contributed by atoms with E-state index in [0.717, 1.165) is 0 Å². The summed E-state index contributed by atoms with van der Waals surface area (Å²) in [7, 11) is 0. The van der Waals surface area contributed by atoms with E-state index < -0.39 is 0 Å². The van der Waals surface area contributed by atoms with Crippen molar-refractivity contribution in [1.82, 2.24) is 0 Å². The Bertz CT molecular complexity index is 796. The molecule has 0 unspecified atom stereocenters. The van der Waals surface area contributed by atoms with Gasteiger partial charge in [-0.25, -0.2) is 0 Å². The van der Waals surface area contributed by atoms with Gasteiger partial charge in [-0.05, 0) is 58.9 Å². The molecule has 3 aromatic rings. The Labute approximate surface area is 132 Å². The Kier molecular flexibility index (Phi) is 3.93. The normalized spacial score (nSPS) is 10.5. The van der Waals surface area contributed by atoms with Crippen molar-refractivity contribution in [2.45, 2.75) is 13.8 Å². The van der Waals surface area contributed by atoms with E-state index >= 15 is 0 Å². The fourth-order valence-corrected chi connectivity index (χ4v) is 2.98. The van der Waals surface area contributed by atoms with Crippen molar-refractivity contribution in [1.29, 1.82) is 0 Å². The lowest BCUT2D eigenvalue weighted by Crippen LogP contribution is -1.95. The molecule has 0 N–H and O–H groups in total. The first-order chi connectivity index (χ1) is 10.7. The molecule has 0 fully saturated rings. The summed E-state index contributed by atoms with van der Waals surface area (Å²) in [5.41, 5.74) is 8.91. The Balaban J connectivity index is 2.36. The van der Waals surface area contributed by atoms with Gasteiger partial charge in [0.05, 0.1) is 0 Å². The number of hydrogen-bond donors (Lipinski definition) is 0. The summed E-state index contributed by atoms with van der Waals surface area (Å²) in [6.45, 7) is 8.35. The van der Waals surface area contributed by atoms with Crippen LogP contribution in [-0.2, 0) is 0 Å². The van der Waals surface area contributed by atoms with Gasteiger partial charge in [0.25, 0.3) is 0 Å². The first kappa shape index (κ1) is 14.3. The molecule has 3 rings (SSSR count). The quantitative estimate of drug-likeness (QED) is 0.531. The maximum Gasteiger partial charge on any atom is -0.00731 e. The Morgan fingerprint density at radius 1 is 0.727 bits per heavy atom. The summed E-state index contributed by atoms with van der Waals surface area (Å²) in [5, 5.41) is 0. The van der Waals surface area contributed by atoms with Crippen LogP contribution in [0.15, 0.2) is 73.3 Å². The zero-order chi connectivity index (χ0) is 15.5. The summed E-state index contributed by atoms with van der Waals surface area (Å²) >= 11 is 0. The van der Waals surface area contributed by atoms with Gasteiger partial charge in [0.1, 0.15) is 0 Å². The molecule has 0 heterocycles. The Morgan fingerprint density at radius 3 is 1.82 bits per heavy atom. The molecule has 0 heteroatoms. The van der Waals surface area contributed by atoms with Crippen molar-refractivity contribution in [2.24, 2.45) is 0 Å². The maximum absolute atomic E-state index is 3.97. The zero-order valence-electron chi connectivity index (χ0n) is 13.1. The van der Waals surface area contributed by atoms with Gasteiger partial charge in [-0.2, -0.15) is 0 Å². The zero-order valence-corrected chi connectivity index (χ0v) is 13.1. The van der Waals surface area contributed by atoms with Gasteiger partial charge in [0.2, 0.25) is 0 Å². The van der Waals surface area contributed by atoms with E-state index in [2.05, 4.69) is 87.2 Å². The highest BCUT2D eigenvalue weighted by molar-refractivity contribution is 5.88. The van der Waals surface area contributed by atoms with Crippen molar-refractivity contribution in [3.05, 3.63) is 90.0 Å². The molecule has 3 aromatic carbocycles. The summed E-state index contributed by atoms with van der Waals surface area (Å²) in [6, 6.07) is 23.5. The first-order valence-corrected chi connectivity index (χ1v) is 7.60. The lowest BCUT2D eigenvalue weighted by Gasteiger charge is -2.18. The van der Waals surface area contributed by atoms with Crippen LogP contribution in [0.1, 0.15) is 16.7 Å². The smallest absolute Gasteiger partial charge is 0.00731 e. The molecule has 0 saturated carbocycles. The highest BCUT2D eigenvalue weighted by Crippen LogP contribution is 2.38. The molecule has 0 spiro atoms. The largest absolute Gasteiger partial charge is 0.0985 e. The van der Waals surface area contributed by atoms with E-state index in [1.54, 1.807) is 0 Å². The second-order valence-electron chi connectivity index (χ2n) is 5.57. The van der Waals surface area contributed by atoms with Crippen LogP contribution in [0, 0.1) is 13.8 Å². The van der Waals surface area contributed by atoms with E-state index in [0.29, 0.717) is 0 Å². The predicted octanol–water partition coefficient (Wildman–Crippen LogP) is 6.28. The van der Waals surface area contributed by atoms with Crippen LogP contribution in [0.25, 0.3) is 28.3 Å². The molecule has 0 atom stereocenters. The highest BCUT2D eigenvalue weighted by atomic mass is 14.2. The third-order valence-corrected chi connectivity index (χ3v) is 4.31. The van der Waals surface area contributed by atoms with Gasteiger partial charge in [0.15, 0.2) is 0 Å². The molecular weight excluding hydrogens is 264 g/mol. The summed E-state index contributed by atoms with van der Waals surface area (Å²) in [5.74, 6) is 0. The molecule has 0 nitrogen and oxygen atoms in total. The summed E-state index contributed by atoms with van der Waals surface area (Å²) < 4.78 is 0. The molecule has 0 aliphatic rings. The fraction of sp³-hybridized carbons (Fsp3) is 0.0909. The molecule has 0 amide bonds.